The van der Waals surface area contributed by atoms with Crippen molar-refractivity contribution in [2.24, 2.45) is 5.92 Å². The van der Waals surface area contributed by atoms with Crippen LogP contribution in [0.1, 0.15) is 68.9 Å². The summed E-state index contributed by atoms with van der Waals surface area (Å²) in [4.78, 5) is 0. The molecule has 2 aromatic carbocycles. The second-order valence-electron chi connectivity index (χ2n) is 7.89. The van der Waals surface area contributed by atoms with Crippen molar-refractivity contribution in [3.05, 3.63) is 72.3 Å². The van der Waals surface area contributed by atoms with Crippen molar-refractivity contribution in [1.82, 2.24) is 0 Å². The van der Waals surface area contributed by atoms with Crippen LogP contribution >= 0.6 is 0 Å². The highest BCUT2D eigenvalue weighted by atomic mass is 16.5. The average Bonchev–Trinajstić information content (AvgIpc) is 2.73. The van der Waals surface area contributed by atoms with E-state index < -0.39 is 0 Å². The molecule has 1 saturated carbocycles. The molecule has 0 saturated heterocycles. The maximum absolute atomic E-state index is 5.48. The van der Waals surface area contributed by atoms with Crippen molar-refractivity contribution in [1.29, 1.82) is 0 Å². The molecule has 0 amide bonds. The smallest absolute Gasteiger partial charge is 0.0716 e. The molecule has 0 aromatic heterocycles. The standard InChI is InChI=1S/C26H34O/c1-3-5-6-7-21-8-12-23(13-9-21)25-16-18-26(19-17-25)24-14-10-22(11-15-24)20-27-4-2/h3,10-11,14-19,21,23H,1,4-9,12-13,20H2,2H3/t21-,23-. The van der Waals surface area contributed by atoms with Crippen LogP contribution in [0.25, 0.3) is 11.1 Å². The zero-order valence-electron chi connectivity index (χ0n) is 16.8. The third kappa shape index (κ3) is 5.81. The van der Waals surface area contributed by atoms with Crippen molar-refractivity contribution in [3.63, 3.8) is 0 Å². The minimum atomic E-state index is 0.700. The number of allylic oxidation sites excluding steroid dienone is 1. The first-order valence-electron chi connectivity index (χ1n) is 10.7. The molecule has 0 radical (unpaired) electrons. The third-order valence-corrected chi connectivity index (χ3v) is 6.01. The summed E-state index contributed by atoms with van der Waals surface area (Å²) in [5, 5.41) is 0. The van der Waals surface area contributed by atoms with Crippen molar-refractivity contribution >= 4 is 0 Å². The number of ether oxygens (including phenoxy) is 1. The normalized spacial score (nSPS) is 19.7. The Bertz CT molecular complexity index is 675. The monoisotopic (exact) mass is 362 g/mol. The lowest BCUT2D eigenvalue weighted by molar-refractivity contribution is 0.134. The molecular weight excluding hydrogens is 328 g/mol. The Morgan fingerprint density at radius 2 is 1.56 bits per heavy atom. The van der Waals surface area contributed by atoms with E-state index in [0.29, 0.717) is 6.61 Å². The van der Waals surface area contributed by atoms with E-state index in [1.807, 2.05) is 6.92 Å². The fraction of sp³-hybridized carbons (Fsp3) is 0.462. The van der Waals surface area contributed by atoms with Gasteiger partial charge < -0.3 is 4.74 Å². The molecule has 27 heavy (non-hydrogen) atoms. The number of rotatable bonds is 9. The lowest BCUT2D eigenvalue weighted by Crippen LogP contribution is -2.13. The van der Waals surface area contributed by atoms with Gasteiger partial charge in [0, 0.05) is 6.61 Å². The molecule has 1 fully saturated rings. The molecular formula is C26H34O. The van der Waals surface area contributed by atoms with Gasteiger partial charge in [0.15, 0.2) is 0 Å². The Morgan fingerprint density at radius 3 is 2.15 bits per heavy atom. The van der Waals surface area contributed by atoms with Crippen LogP contribution in [0.4, 0.5) is 0 Å². The quantitative estimate of drug-likeness (QED) is 0.331. The number of unbranched alkanes of at least 4 members (excludes halogenated alkanes) is 1. The molecule has 0 spiro atoms. The van der Waals surface area contributed by atoms with E-state index in [2.05, 4.69) is 61.2 Å². The number of hydrogen-bond donors (Lipinski definition) is 0. The molecule has 0 atom stereocenters. The summed E-state index contributed by atoms with van der Waals surface area (Å²) in [5.74, 6) is 1.69. The second kappa shape index (κ2) is 10.5. The molecule has 2 aromatic rings. The first-order valence-corrected chi connectivity index (χ1v) is 10.7. The van der Waals surface area contributed by atoms with E-state index in [-0.39, 0.29) is 0 Å². The van der Waals surface area contributed by atoms with E-state index in [0.717, 1.165) is 18.4 Å². The lowest BCUT2D eigenvalue weighted by atomic mass is 9.77. The fourth-order valence-electron chi connectivity index (χ4n) is 4.30. The van der Waals surface area contributed by atoms with Crippen LogP contribution in [0.3, 0.4) is 0 Å². The Balaban J connectivity index is 1.54. The van der Waals surface area contributed by atoms with Crippen LogP contribution < -0.4 is 0 Å². The van der Waals surface area contributed by atoms with Gasteiger partial charge in [0.2, 0.25) is 0 Å². The van der Waals surface area contributed by atoms with E-state index in [4.69, 9.17) is 4.74 Å². The summed E-state index contributed by atoms with van der Waals surface area (Å²) >= 11 is 0. The van der Waals surface area contributed by atoms with Crippen LogP contribution in [0, 0.1) is 5.92 Å². The summed E-state index contributed by atoms with van der Waals surface area (Å²) in [6.07, 6.45) is 11.4. The van der Waals surface area contributed by atoms with Gasteiger partial charge in [-0.2, -0.15) is 0 Å². The van der Waals surface area contributed by atoms with Gasteiger partial charge in [-0.3, -0.25) is 0 Å². The Hall–Kier alpha value is -1.86. The molecule has 0 N–H and O–H groups in total. The molecule has 144 valence electrons. The Labute approximate surface area is 165 Å². The van der Waals surface area contributed by atoms with Crippen molar-refractivity contribution in [2.75, 3.05) is 6.61 Å². The molecule has 3 rings (SSSR count). The first-order chi connectivity index (χ1) is 13.3. The zero-order valence-corrected chi connectivity index (χ0v) is 16.8. The molecule has 0 aliphatic heterocycles. The summed E-state index contributed by atoms with van der Waals surface area (Å²) in [7, 11) is 0. The summed E-state index contributed by atoms with van der Waals surface area (Å²) < 4.78 is 5.48. The van der Waals surface area contributed by atoms with Crippen LogP contribution in [0.15, 0.2) is 61.2 Å². The van der Waals surface area contributed by atoms with E-state index in [1.165, 1.54) is 67.2 Å². The van der Waals surface area contributed by atoms with Crippen LogP contribution in [0.5, 0.6) is 0 Å². The van der Waals surface area contributed by atoms with Gasteiger partial charge in [-0.05, 0) is 79.5 Å². The highest BCUT2D eigenvalue weighted by Crippen LogP contribution is 2.38. The Kier molecular flexibility index (Phi) is 7.71. The van der Waals surface area contributed by atoms with Gasteiger partial charge in [0.25, 0.3) is 0 Å². The third-order valence-electron chi connectivity index (χ3n) is 6.01. The molecule has 0 unspecified atom stereocenters. The second-order valence-corrected chi connectivity index (χ2v) is 7.89. The highest BCUT2D eigenvalue weighted by molar-refractivity contribution is 5.64. The number of hydrogen-bond acceptors (Lipinski definition) is 1. The molecule has 1 aliphatic carbocycles. The maximum atomic E-state index is 5.48. The molecule has 0 bridgehead atoms. The topological polar surface area (TPSA) is 9.23 Å². The fourth-order valence-corrected chi connectivity index (χ4v) is 4.30. The van der Waals surface area contributed by atoms with Crippen molar-refractivity contribution in [3.8, 4) is 11.1 Å². The van der Waals surface area contributed by atoms with Gasteiger partial charge in [0.1, 0.15) is 0 Å². The average molecular weight is 363 g/mol. The van der Waals surface area contributed by atoms with E-state index in [9.17, 15) is 0 Å². The van der Waals surface area contributed by atoms with Gasteiger partial charge in [-0.1, -0.05) is 61.0 Å². The van der Waals surface area contributed by atoms with E-state index >= 15 is 0 Å². The minimum absolute atomic E-state index is 0.700. The van der Waals surface area contributed by atoms with E-state index in [1.54, 1.807) is 0 Å². The van der Waals surface area contributed by atoms with Crippen molar-refractivity contribution < 1.29 is 4.74 Å². The molecule has 1 heteroatoms. The molecule has 1 aliphatic rings. The Morgan fingerprint density at radius 1 is 0.926 bits per heavy atom. The van der Waals surface area contributed by atoms with Gasteiger partial charge in [-0.25, -0.2) is 0 Å². The predicted molar refractivity (Wildman–Crippen MR) is 116 cm³/mol. The van der Waals surface area contributed by atoms with Gasteiger partial charge in [0.05, 0.1) is 6.61 Å². The molecule has 0 heterocycles. The van der Waals surface area contributed by atoms with Crippen LogP contribution in [0.2, 0.25) is 0 Å². The first kappa shape index (κ1) is 19.9. The largest absolute Gasteiger partial charge is 0.377 e. The highest BCUT2D eigenvalue weighted by Gasteiger charge is 2.21. The summed E-state index contributed by atoms with van der Waals surface area (Å²) in [6, 6.07) is 18.1. The van der Waals surface area contributed by atoms with Crippen LogP contribution in [-0.2, 0) is 11.3 Å². The number of benzene rings is 2. The van der Waals surface area contributed by atoms with Gasteiger partial charge in [-0.15, -0.1) is 6.58 Å². The van der Waals surface area contributed by atoms with Crippen molar-refractivity contribution in [2.45, 2.75) is 64.4 Å². The summed E-state index contributed by atoms with van der Waals surface area (Å²) in [6.45, 7) is 7.33. The molecule has 1 nitrogen and oxygen atoms in total. The summed E-state index contributed by atoms with van der Waals surface area (Å²) in [5.41, 5.74) is 5.35. The SMILES string of the molecule is C=CCCC[C@H]1CC[C@H](c2ccc(-c3ccc(COCC)cc3)cc2)CC1. The predicted octanol–water partition coefficient (Wildman–Crippen LogP) is 7.52. The lowest BCUT2D eigenvalue weighted by Gasteiger charge is -2.29. The minimum Gasteiger partial charge on any atom is -0.377 e. The van der Waals surface area contributed by atoms with Crippen LogP contribution in [-0.4, -0.2) is 6.61 Å². The van der Waals surface area contributed by atoms with Gasteiger partial charge >= 0.3 is 0 Å². The maximum Gasteiger partial charge on any atom is 0.0716 e. The zero-order chi connectivity index (χ0) is 18.9.